The Hall–Kier alpha value is -1.91. The lowest BCUT2D eigenvalue weighted by atomic mass is 10.2. The van der Waals surface area contributed by atoms with Crippen LogP contribution in [0.2, 0.25) is 0 Å². The first-order valence-electron chi connectivity index (χ1n) is 6.93. The summed E-state index contributed by atoms with van der Waals surface area (Å²) in [6.45, 7) is 5.79. The molecule has 0 bridgehead atoms. The number of hydrogen-bond acceptors (Lipinski definition) is 8. The summed E-state index contributed by atoms with van der Waals surface area (Å²) in [6, 6.07) is 0. The summed E-state index contributed by atoms with van der Waals surface area (Å²) >= 11 is 1.36. The summed E-state index contributed by atoms with van der Waals surface area (Å²) in [7, 11) is 0. The molecule has 22 heavy (non-hydrogen) atoms. The highest BCUT2D eigenvalue weighted by Gasteiger charge is 2.26. The minimum Gasteiger partial charge on any atom is -0.367 e. The normalized spacial score (nSPS) is 19.3. The van der Waals surface area contributed by atoms with E-state index in [2.05, 4.69) is 30.7 Å². The maximum absolute atomic E-state index is 12.0. The zero-order chi connectivity index (χ0) is 15.5. The second-order valence-corrected chi connectivity index (χ2v) is 6.23. The highest BCUT2D eigenvalue weighted by Crippen LogP contribution is 2.19. The van der Waals surface area contributed by atoms with E-state index in [4.69, 9.17) is 4.74 Å². The monoisotopic (exact) mass is 323 g/mol. The van der Waals surface area contributed by atoms with Gasteiger partial charge in [0.05, 0.1) is 13.2 Å². The lowest BCUT2D eigenvalue weighted by molar-refractivity contribution is -0.119. The van der Waals surface area contributed by atoms with Gasteiger partial charge in [0, 0.05) is 13.1 Å². The first-order valence-corrected chi connectivity index (χ1v) is 7.74. The van der Waals surface area contributed by atoms with Crippen LogP contribution in [0.5, 0.6) is 0 Å². The molecule has 2 aromatic heterocycles. The summed E-state index contributed by atoms with van der Waals surface area (Å²) in [5.41, 5.74) is 0. The number of nitrogens with zero attached hydrogens (tertiary/aromatic N) is 5. The molecule has 0 aromatic carbocycles. The van der Waals surface area contributed by atoms with Gasteiger partial charge in [0.15, 0.2) is 5.82 Å². The number of aromatic nitrogens is 5. The summed E-state index contributed by atoms with van der Waals surface area (Å²) in [5, 5.41) is 18.8. The van der Waals surface area contributed by atoms with Crippen LogP contribution in [0.15, 0.2) is 0 Å². The Balaban J connectivity index is 1.54. The van der Waals surface area contributed by atoms with Crippen molar-refractivity contribution in [2.75, 3.05) is 31.6 Å². The lowest BCUT2D eigenvalue weighted by Crippen LogP contribution is -2.42. The zero-order valence-corrected chi connectivity index (χ0v) is 13.2. The second-order valence-electron chi connectivity index (χ2n) is 5.05. The van der Waals surface area contributed by atoms with E-state index in [1.54, 1.807) is 0 Å². The molecule has 2 N–H and O–H groups in total. The summed E-state index contributed by atoms with van der Waals surface area (Å²) < 4.78 is 5.67. The van der Waals surface area contributed by atoms with Gasteiger partial charge in [-0.25, -0.2) is 4.98 Å². The standard InChI is InChI=1S/C12H17N7O2S/c1-7-13-11(17-15-7)9-5-19(3-4-21-9)6-10(20)14-12-18-16-8(2)22-12/h9H,3-6H2,1-2H3,(H,13,15,17)(H,14,18,20)/t9-/m1/s1. The van der Waals surface area contributed by atoms with E-state index in [1.165, 1.54) is 11.3 Å². The Labute approximate surface area is 131 Å². The average Bonchev–Trinajstić information content (AvgIpc) is 3.08. The number of rotatable bonds is 4. The summed E-state index contributed by atoms with van der Waals surface area (Å²) in [6.07, 6.45) is -0.213. The van der Waals surface area contributed by atoms with Crippen LogP contribution in [0.1, 0.15) is 22.8 Å². The number of ether oxygens (including phenoxy) is 1. The van der Waals surface area contributed by atoms with E-state index >= 15 is 0 Å². The van der Waals surface area contributed by atoms with Crippen LogP contribution < -0.4 is 5.32 Å². The molecule has 0 radical (unpaired) electrons. The molecule has 0 saturated carbocycles. The Morgan fingerprint density at radius 2 is 2.36 bits per heavy atom. The third kappa shape index (κ3) is 3.64. The molecule has 1 atom stereocenters. The molecule has 0 aliphatic carbocycles. The number of H-pyrrole nitrogens is 1. The number of anilines is 1. The minimum absolute atomic E-state index is 0.108. The Morgan fingerprint density at radius 1 is 1.50 bits per heavy atom. The third-order valence-corrected chi connectivity index (χ3v) is 3.95. The number of aryl methyl sites for hydroxylation is 2. The third-order valence-electron chi connectivity index (χ3n) is 3.19. The van der Waals surface area contributed by atoms with Gasteiger partial charge < -0.3 is 4.74 Å². The van der Waals surface area contributed by atoms with Crippen molar-refractivity contribution in [3.05, 3.63) is 16.7 Å². The van der Waals surface area contributed by atoms with E-state index in [9.17, 15) is 4.79 Å². The molecule has 10 heteroatoms. The molecule has 1 saturated heterocycles. The van der Waals surface area contributed by atoms with Gasteiger partial charge in [-0.1, -0.05) is 11.3 Å². The molecule has 1 aliphatic rings. The van der Waals surface area contributed by atoms with Gasteiger partial charge >= 0.3 is 0 Å². The van der Waals surface area contributed by atoms with Crippen molar-refractivity contribution in [3.63, 3.8) is 0 Å². The Kier molecular flexibility index (Phi) is 4.41. The SMILES string of the molecule is Cc1nc([C@H]2CN(CC(=O)Nc3nnc(C)s3)CCO2)n[nH]1. The minimum atomic E-state index is -0.213. The van der Waals surface area contributed by atoms with Gasteiger partial charge in [-0.3, -0.25) is 20.1 Å². The van der Waals surface area contributed by atoms with E-state index in [0.29, 0.717) is 30.7 Å². The van der Waals surface area contributed by atoms with Crippen molar-refractivity contribution in [1.82, 2.24) is 30.3 Å². The summed E-state index contributed by atoms with van der Waals surface area (Å²) in [4.78, 5) is 18.3. The van der Waals surface area contributed by atoms with Crippen molar-refractivity contribution < 1.29 is 9.53 Å². The maximum Gasteiger partial charge on any atom is 0.240 e. The Bertz CT molecular complexity index is 655. The molecule has 2 aromatic rings. The lowest BCUT2D eigenvalue weighted by Gasteiger charge is -2.30. The van der Waals surface area contributed by atoms with E-state index in [0.717, 1.165) is 10.8 Å². The van der Waals surface area contributed by atoms with Gasteiger partial charge in [0.2, 0.25) is 11.0 Å². The average molecular weight is 323 g/mol. The van der Waals surface area contributed by atoms with Gasteiger partial charge in [-0.15, -0.1) is 10.2 Å². The fourth-order valence-corrected chi connectivity index (χ4v) is 2.82. The number of nitrogens with one attached hydrogen (secondary N) is 2. The molecule has 1 amide bonds. The maximum atomic E-state index is 12.0. The molecule has 9 nitrogen and oxygen atoms in total. The van der Waals surface area contributed by atoms with Gasteiger partial charge in [0.1, 0.15) is 16.9 Å². The summed E-state index contributed by atoms with van der Waals surface area (Å²) in [5.74, 6) is 1.27. The van der Waals surface area contributed by atoms with Crippen molar-refractivity contribution in [2.45, 2.75) is 20.0 Å². The highest BCUT2D eigenvalue weighted by molar-refractivity contribution is 7.15. The van der Waals surface area contributed by atoms with Crippen molar-refractivity contribution in [2.24, 2.45) is 0 Å². The molecule has 1 aliphatic heterocycles. The molecule has 1 fully saturated rings. The Morgan fingerprint density at radius 3 is 3.05 bits per heavy atom. The van der Waals surface area contributed by atoms with Crippen molar-refractivity contribution in [1.29, 1.82) is 0 Å². The van der Waals surface area contributed by atoms with E-state index in [-0.39, 0.29) is 18.6 Å². The smallest absolute Gasteiger partial charge is 0.240 e. The fourth-order valence-electron chi connectivity index (χ4n) is 2.22. The number of morpholine rings is 1. The van der Waals surface area contributed by atoms with Crippen LogP contribution >= 0.6 is 11.3 Å². The molecular weight excluding hydrogens is 306 g/mol. The quantitative estimate of drug-likeness (QED) is 0.832. The van der Waals surface area contributed by atoms with E-state index in [1.807, 2.05) is 18.7 Å². The number of aromatic amines is 1. The van der Waals surface area contributed by atoms with Crippen LogP contribution in [0.4, 0.5) is 5.13 Å². The topological polar surface area (TPSA) is 109 Å². The number of amides is 1. The second kappa shape index (κ2) is 6.46. The molecule has 3 rings (SSSR count). The van der Waals surface area contributed by atoms with Crippen LogP contribution in [-0.2, 0) is 9.53 Å². The molecule has 0 spiro atoms. The number of hydrogen-bond donors (Lipinski definition) is 2. The van der Waals surface area contributed by atoms with Crippen LogP contribution in [0.25, 0.3) is 0 Å². The van der Waals surface area contributed by atoms with Crippen molar-refractivity contribution >= 4 is 22.4 Å². The van der Waals surface area contributed by atoms with Crippen molar-refractivity contribution in [3.8, 4) is 0 Å². The largest absolute Gasteiger partial charge is 0.367 e. The first-order chi connectivity index (χ1) is 10.6. The van der Waals surface area contributed by atoms with E-state index < -0.39 is 0 Å². The van der Waals surface area contributed by atoms with Gasteiger partial charge in [-0.2, -0.15) is 5.10 Å². The number of carbonyl (C=O) groups excluding carboxylic acids is 1. The first kappa shape index (κ1) is 15.0. The number of carbonyl (C=O) groups is 1. The molecular formula is C12H17N7O2S. The van der Waals surface area contributed by atoms with Crippen LogP contribution in [0, 0.1) is 13.8 Å². The fraction of sp³-hybridized carbons (Fsp3) is 0.583. The van der Waals surface area contributed by atoms with Crippen LogP contribution in [0.3, 0.4) is 0 Å². The van der Waals surface area contributed by atoms with Gasteiger partial charge in [-0.05, 0) is 13.8 Å². The van der Waals surface area contributed by atoms with Crippen LogP contribution in [-0.4, -0.2) is 62.4 Å². The molecule has 3 heterocycles. The molecule has 118 valence electrons. The highest BCUT2D eigenvalue weighted by atomic mass is 32.1. The molecule has 0 unspecified atom stereocenters. The van der Waals surface area contributed by atoms with Gasteiger partial charge in [0.25, 0.3) is 0 Å². The predicted octanol–water partition coefficient (Wildman–Crippen LogP) is 0.285. The zero-order valence-electron chi connectivity index (χ0n) is 12.4. The predicted molar refractivity (Wildman–Crippen MR) is 79.5 cm³/mol.